The van der Waals surface area contributed by atoms with Gasteiger partial charge >= 0.3 is 0 Å². The van der Waals surface area contributed by atoms with Crippen molar-refractivity contribution >= 4 is 11.6 Å². The van der Waals surface area contributed by atoms with Crippen molar-refractivity contribution in [2.75, 3.05) is 20.6 Å². The molecule has 0 bridgehead atoms. The zero-order valence-electron chi connectivity index (χ0n) is 13.7. The van der Waals surface area contributed by atoms with Crippen molar-refractivity contribution in [2.45, 2.75) is 58.7 Å². The number of halogens is 1. The molecule has 0 aliphatic rings. The van der Waals surface area contributed by atoms with E-state index in [2.05, 4.69) is 57.1 Å². The van der Waals surface area contributed by atoms with E-state index in [1.165, 1.54) is 0 Å². The Hall–Kier alpha value is -0.580. The second-order valence-corrected chi connectivity index (χ2v) is 6.10. The van der Waals surface area contributed by atoms with Crippen LogP contribution in [0.1, 0.15) is 52.3 Å². The predicted molar refractivity (Wildman–Crippen MR) is 86.3 cm³/mol. The maximum Gasteiger partial charge on any atom is 0.0834 e. The highest BCUT2D eigenvalue weighted by Crippen LogP contribution is 2.36. The first-order valence-corrected chi connectivity index (χ1v) is 7.92. The second kappa shape index (κ2) is 7.43. The third kappa shape index (κ3) is 3.35. The maximum atomic E-state index is 6.44. The number of nitrogens with zero attached hydrogens (tertiary/aromatic N) is 3. The average molecular weight is 301 g/mol. The summed E-state index contributed by atoms with van der Waals surface area (Å²) in [5, 5.41) is 8.81. The molecular weight excluding hydrogens is 272 g/mol. The van der Waals surface area contributed by atoms with Gasteiger partial charge in [0, 0.05) is 12.1 Å². The minimum absolute atomic E-state index is 0.00876. The van der Waals surface area contributed by atoms with Crippen molar-refractivity contribution < 1.29 is 0 Å². The Balaban J connectivity index is 3.29. The fourth-order valence-corrected chi connectivity index (χ4v) is 2.89. The summed E-state index contributed by atoms with van der Waals surface area (Å²) < 4.78 is 2.05. The maximum absolute atomic E-state index is 6.44. The molecule has 0 radical (unpaired) electrons. The van der Waals surface area contributed by atoms with E-state index in [0.29, 0.717) is 0 Å². The molecule has 1 rings (SSSR count). The molecule has 0 aromatic carbocycles. The number of hydrogen-bond acceptors (Lipinski definition) is 3. The molecule has 1 N–H and O–H groups in total. The van der Waals surface area contributed by atoms with Crippen LogP contribution < -0.4 is 5.32 Å². The Bertz CT molecular complexity index is 416. The second-order valence-electron chi connectivity index (χ2n) is 5.70. The average Bonchev–Trinajstić information content (AvgIpc) is 2.76. The molecule has 20 heavy (non-hydrogen) atoms. The van der Waals surface area contributed by atoms with Crippen molar-refractivity contribution in [3.8, 4) is 0 Å². The Kier molecular flexibility index (Phi) is 6.49. The SMILES string of the molecule is CCCn1ncc(Cl)c1C(NCC)C(C)(CC)N(C)C. The van der Waals surface area contributed by atoms with Gasteiger partial charge in [-0.15, -0.1) is 0 Å². The highest BCUT2D eigenvalue weighted by molar-refractivity contribution is 6.31. The number of nitrogens with one attached hydrogen (secondary N) is 1. The molecule has 2 atom stereocenters. The number of hydrogen-bond donors (Lipinski definition) is 1. The van der Waals surface area contributed by atoms with E-state index in [0.717, 1.165) is 36.6 Å². The summed E-state index contributed by atoms with van der Waals surface area (Å²) in [7, 11) is 4.25. The number of aromatic nitrogens is 2. The lowest BCUT2D eigenvalue weighted by Crippen LogP contribution is -2.52. The van der Waals surface area contributed by atoms with Gasteiger partial charge in [-0.3, -0.25) is 4.68 Å². The topological polar surface area (TPSA) is 33.1 Å². The lowest BCUT2D eigenvalue weighted by atomic mass is 9.85. The van der Waals surface area contributed by atoms with Gasteiger partial charge in [-0.1, -0.05) is 32.4 Å². The zero-order valence-corrected chi connectivity index (χ0v) is 14.5. The van der Waals surface area contributed by atoms with Gasteiger partial charge in [0.2, 0.25) is 0 Å². The van der Waals surface area contributed by atoms with Crippen LogP contribution in [0.25, 0.3) is 0 Å². The molecule has 1 heterocycles. The Morgan fingerprint density at radius 3 is 2.50 bits per heavy atom. The molecule has 0 fully saturated rings. The molecule has 116 valence electrons. The monoisotopic (exact) mass is 300 g/mol. The van der Waals surface area contributed by atoms with E-state index in [-0.39, 0.29) is 11.6 Å². The summed E-state index contributed by atoms with van der Waals surface area (Å²) in [6.45, 7) is 10.6. The van der Waals surface area contributed by atoms with E-state index in [1.54, 1.807) is 6.20 Å². The summed E-state index contributed by atoms with van der Waals surface area (Å²) in [4.78, 5) is 2.28. The summed E-state index contributed by atoms with van der Waals surface area (Å²) in [5.74, 6) is 0. The lowest BCUT2D eigenvalue weighted by molar-refractivity contribution is 0.109. The molecule has 2 unspecified atom stereocenters. The van der Waals surface area contributed by atoms with Gasteiger partial charge in [0.25, 0.3) is 0 Å². The Morgan fingerprint density at radius 2 is 2.05 bits per heavy atom. The van der Waals surface area contributed by atoms with Crippen LogP contribution in [-0.4, -0.2) is 40.9 Å². The predicted octanol–water partition coefficient (Wildman–Crippen LogP) is 3.33. The third-order valence-corrected chi connectivity index (χ3v) is 4.60. The zero-order chi connectivity index (χ0) is 15.3. The summed E-state index contributed by atoms with van der Waals surface area (Å²) >= 11 is 6.44. The van der Waals surface area contributed by atoms with Crippen LogP contribution in [0.4, 0.5) is 0 Å². The fraction of sp³-hybridized carbons (Fsp3) is 0.800. The highest BCUT2D eigenvalue weighted by atomic mass is 35.5. The van der Waals surface area contributed by atoms with Crippen LogP contribution in [-0.2, 0) is 6.54 Å². The summed E-state index contributed by atoms with van der Waals surface area (Å²) in [5.41, 5.74) is 1.10. The van der Waals surface area contributed by atoms with Crippen molar-refractivity contribution in [1.82, 2.24) is 20.0 Å². The summed E-state index contributed by atoms with van der Waals surface area (Å²) in [6.07, 6.45) is 3.85. The molecule has 0 saturated carbocycles. The van der Waals surface area contributed by atoms with Gasteiger partial charge in [0.1, 0.15) is 0 Å². The highest BCUT2D eigenvalue weighted by Gasteiger charge is 2.38. The fourth-order valence-electron chi connectivity index (χ4n) is 2.64. The molecule has 0 saturated heterocycles. The molecule has 5 heteroatoms. The largest absolute Gasteiger partial charge is 0.307 e. The lowest BCUT2D eigenvalue weighted by Gasteiger charge is -2.43. The first-order valence-electron chi connectivity index (χ1n) is 7.54. The van der Waals surface area contributed by atoms with Gasteiger partial charge in [0.05, 0.1) is 23.0 Å². The van der Waals surface area contributed by atoms with Gasteiger partial charge in [0.15, 0.2) is 0 Å². The van der Waals surface area contributed by atoms with E-state index >= 15 is 0 Å². The van der Waals surface area contributed by atoms with E-state index in [4.69, 9.17) is 11.6 Å². The quantitative estimate of drug-likeness (QED) is 0.799. The van der Waals surface area contributed by atoms with E-state index in [9.17, 15) is 0 Å². The number of likely N-dealkylation sites (N-methyl/N-ethyl adjacent to an activating group) is 2. The molecule has 0 spiro atoms. The van der Waals surface area contributed by atoms with Crippen molar-refractivity contribution in [2.24, 2.45) is 0 Å². The minimum Gasteiger partial charge on any atom is -0.307 e. The third-order valence-electron chi connectivity index (χ3n) is 4.31. The number of rotatable bonds is 8. The minimum atomic E-state index is -0.00876. The van der Waals surface area contributed by atoms with Crippen molar-refractivity contribution in [3.05, 3.63) is 16.9 Å². The van der Waals surface area contributed by atoms with Crippen LogP contribution in [0, 0.1) is 0 Å². The van der Waals surface area contributed by atoms with Crippen LogP contribution in [0.15, 0.2) is 6.20 Å². The normalized spacial score (nSPS) is 16.4. The molecule has 1 aromatic rings. The molecule has 1 aromatic heterocycles. The standard InChI is InChI=1S/C15H29ClN4/c1-7-10-20-13(12(16)11-18-20)14(17-9-3)15(4,8-2)19(5)6/h11,14,17H,7-10H2,1-6H3. The van der Waals surface area contributed by atoms with Crippen molar-refractivity contribution in [1.29, 1.82) is 0 Å². The van der Waals surface area contributed by atoms with Crippen LogP contribution in [0.5, 0.6) is 0 Å². The molecule has 4 nitrogen and oxygen atoms in total. The Morgan fingerprint density at radius 1 is 1.40 bits per heavy atom. The first-order chi connectivity index (χ1) is 9.42. The molecular formula is C15H29ClN4. The summed E-state index contributed by atoms with van der Waals surface area (Å²) in [6, 6.07) is 0.161. The van der Waals surface area contributed by atoms with Crippen LogP contribution in [0.3, 0.4) is 0 Å². The smallest absolute Gasteiger partial charge is 0.0834 e. The molecule has 0 aliphatic heterocycles. The number of aryl methyl sites for hydroxylation is 1. The van der Waals surface area contributed by atoms with Gasteiger partial charge in [-0.25, -0.2) is 0 Å². The van der Waals surface area contributed by atoms with Crippen molar-refractivity contribution in [3.63, 3.8) is 0 Å². The molecule has 0 aliphatic carbocycles. The van der Waals surface area contributed by atoms with Gasteiger partial charge < -0.3 is 10.2 Å². The van der Waals surface area contributed by atoms with Gasteiger partial charge in [-0.2, -0.15) is 5.10 Å². The first kappa shape index (κ1) is 17.5. The van der Waals surface area contributed by atoms with Crippen LogP contribution in [0.2, 0.25) is 5.02 Å². The van der Waals surface area contributed by atoms with Crippen LogP contribution >= 0.6 is 11.6 Å². The molecule has 0 amide bonds. The van der Waals surface area contributed by atoms with E-state index in [1.807, 2.05) is 4.68 Å². The van der Waals surface area contributed by atoms with Gasteiger partial charge in [-0.05, 0) is 40.4 Å². The Labute approximate surface area is 128 Å². The van der Waals surface area contributed by atoms with E-state index < -0.39 is 0 Å².